The molecule has 0 saturated carbocycles. The highest BCUT2D eigenvalue weighted by molar-refractivity contribution is 6.09. The van der Waals surface area contributed by atoms with Gasteiger partial charge in [0.05, 0.1) is 41.3 Å². The number of quaternary nitrogens is 2. The summed E-state index contributed by atoms with van der Waals surface area (Å²) in [5.41, 5.74) is 5.38. The number of carbonyl (C=O) groups is 2. The van der Waals surface area contributed by atoms with Crippen LogP contribution in [0.15, 0.2) is 109 Å². The second-order valence-corrected chi connectivity index (χ2v) is 11.8. The van der Waals surface area contributed by atoms with Crippen molar-refractivity contribution in [1.82, 2.24) is 0 Å². The van der Waals surface area contributed by atoms with Crippen molar-refractivity contribution in [3.05, 3.63) is 143 Å². The van der Waals surface area contributed by atoms with Crippen molar-refractivity contribution in [2.75, 3.05) is 41.3 Å². The smallest absolute Gasteiger partial charge is 0.193 e. The number of rotatable bonds is 12. The molecular formula is C35H40Br2N2O2. The Morgan fingerprint density at radius 3 is 1.07 bits per heavy atom. The Morgan fingerprint density at radius 1 is 0.463 bits per heavy atom. The van der Waals surface area contributed by atoms with E-state index >= 15 is 0 Å². The number of nitrogens with zero attached hydrogens (tertiary/aromatic N) is 2. The molecule has 0 bridgehead atoms. The molecule has 4 aromatic rings. The minimum absolute atomic E-state index is 0. The van der Waals surface area contributed by atoms with Gasteiger partial charge in [0, 0.05) is 39.8 Å². The van der Waals surface area contributed by atoms with Gasteiger partial charge in [0.25, 0.3) is 0 Å². The molecular weight excluding hydrogens is 640 g/mol. The normalized spacial score (nSPS) is 11.2. The highest BCUT2D eigenvalue weighted by Gasteiger charge is 2.21. The molecule has 0 atom stereocenters. The first-order chi connectivity index (χ1) is 18.6. The summed E-state index contributed by atoms with van der Waals surface area (Å²) in [5, 5.41) is 0. The van der Waals surface area contributed by atoms with Gasteiger partial charge in [0.2, 0.25) is 0 Å². The van der Waals surface area contributed by atoms with Gasteiger partial charge >= 0.3 is 0 Å². The van der Waals surface area contributed by atoms with Crippen LogP contribution in [-0.4, -0.2) is 61.8 Å². The summed E-state index contributed by atoms with van der Waals surface area (Å²) in [6.45, 7) is 3.97. The van der Waals surface area contributed by atoms with E-state index in [0.717, 1.165) is 63.8 Å². The summed E-state index contributed by atoms with van der Waals surface area (Å²) in [6.07, 6.45) is 1.11. The van der Waals surface area contributed by atoms with Gasteiger partial charge in [-0.25, -0.2) is 0 Å². The number of benzene rings is 4. The molecule has 0 aliphatic rings. The Hall–Kier alpha value is -2.90. The largest absolute Gasteiger partial charge is 1.00 e. The number of hydrogen-bond acceptors (Lipinski definition) is 2. The van der Waals surface area contributed by atoms with Crippen molar-refractivity contribution in [3.8, 4) is 0 Å². The van der Waals surface area contributed by atoms with E-state index in [0.29, 0.717) is 0 Å². The Bertz CT molecular complexity index is 1280. The first-order valence-corrected chi connectivity index (χ1v) is 13.6. The fraction of sp³-hybridized carbons (Fsp3) is 0.257. The van der Waals surface area contributed by atoms with E-state index in [1.165, 1.54) is 11.1 Å². The van der Waals surface area contributed by atoms with Crippen molar-refractivity contribution < 1.29 is 52.5 Å². The van der Waals surface area contributed by atoms with Crippen molar-refractivity contribution in [3.63, 3.8) is 0 Å². The first kappa shape index (κ1) is 34.3. The van der Waals surface area contributed by atoms with Gasteiger partial charge in [-0.1, -0.05) is 109 Å². The highest BCUT2D eigenvalue weighted by atomic mass is 79.9. The zero-order valence-corrected chi connectivity index (χ0v) is 27.6. The second kappa shape index (κ2) is 15.4. The third kappa shape index (κ3) is 10.2. The lowest BCUT2D eigenvalue weighted by molar-refractivity contribution is -0.922. The minimum Gasteiger partial charge on any atom is -1.00 e. The minimum atomic E-state index is 0. The molecule has 0 saturated heterocycles. The lowest BCUT2D eigenvalue weighted by Crippen LogP contribution is -3.00. The van der Waals surface area contributed by atoms with E-state index in [1.54, 1.807) is 0 Å². The van der Waals surface area contributed by atoms with Crippen molar-refractivity contribution in [2.24, 2.45) is 0 Å². The van der Waals surface area contributed by atoms with Crippen LogP contribution in [-0.2, 0) is 13.1 Å². The van der Waals surface area contributed by atoms with Crippen LogP contribution < -0.4 is 34.0 Å². The van der Waals surface area contributed by atoms with Gasteiger partial charge in [0.15, 0.2) is 11.6 Å². The molecule has 0 N–H and O–H groups in total. The first-order valence-electron chi connectivity index (χ1n) is 13.6. The maximum absolute atomic E-state index is 12.7. The molecule has 0 aromatic heterocycles. The van der Waals surface area contributed by atoms with Crippen molar-refractivity contribution >= 4 is 11.6 Å². The zero-order valence-electron chi connectivity index (χ0n) is 24.4. The third-order valence-electron chi connectivity index (χ3n) is 7.25. The molecule has 0 aliphatic carbocycles. The number of ketones is 2. The predicted octanol–water partition coefficient (Wildman–Crippen LogP) is 0.400. The number of hydrogen-bond donors (Lipinski definition) is 0. The molecule has 0 fully saturated rings. The summed E-state index contributed by atoms with van der Waals surface area (Å²) in [7, 11) is 9.08. The molecule has 4 rings (SSSR count). The van der Waals surface area contributed by atoms with E-state index in [4.69, 9.17) is 0 Å². The molecule has 0 radical (unpaired) electrons. The lowest BCUT2D eigenvalue weighted by atomic mass is 10.0. The fourth-order valence-corrected chi connectivity index (χ4v) is 5.11. The third-order valence-corrected chi connectivity index (χ3v) is 7.25. The van der Waals surface area contributed by atoms with E-state index in [9.17, 15) is 9.59 Å². The van der Waals surface area contributed by atoms with E-state index in [-0.39, 0.29) is 45.5 Å². The Labute approximate surface area is 266 Å². The summed E-state index contributed by atoms with van der Waals surface area (Å²) in [5.74, 6) is 0.127. The average Bonchev–Trinajstić information content (AvgIpc) is 2.93. The Morgan fingerprint density at radius 2 is 0.756 bits per heavy atom. The van der Waals surface area contributed by atoms with E-state index in [2.05, 4.69) is 52.5 Å². The Balaban J connectivity index is 0.00000294. The van der Waals surface area contributed by atoms with Gasteiger partial charge in [0.1, 0.15) is 13.1 Å². The van der Waals surface area contributed by atoms with E-state index in [1.807, 2.05) is 84.9 Å². The van der Waals surface area contributed by atoms with Gasteiger partial charge in [-0.15, -0.1) is 0 Å². The molecule has 0 spiro atoms. The van der Waals surface area contributed by atoms with E-state index < -0.39 is 0 Å². The standard InChI is InChI=1S/C35H40N2O2.2BrH/c1-36(2,26-28-16-20-32(21-17-28)34(38)30-12-7-5-8-13-30)24-11-25-37(3,4)27-29-18-22-33(23-19-29)35(39)31-14-9-6-10-15-31;;/h5-10,12-23H,11,24-27H2,1-4H3;2*1H/q+2;;/p-2. The molecule has 0 amide bonds. The van der Waals surface area contributed by atoms with Crippen LogP contribution in [0.2, 0.25) is 0 Å². The Kier molecular flexibility index (Phi) is 12.9. The van der Waals surface area contributed by atoms with Crippen LogP contribution in [0, 0.1) is 0 Å². The molecule has 4 aromatic carbocycles. The van der Waals surface area contributed by atoms with Crippen molar-refractivity contribution in [1.29, 1.82) is 0 Å². The van der Waals surface area contributed by atoms with Crippen LogP contribution in [0.5, 0.6) is 0 Å². The topological polar surface area (TPSA) is 34.1 Å². The lowest BCUT2D eigenvalue weighted by Gasteiger charge is -2.34. The molecule has 4 nitrogen and oxygen atoms in total. The summed E-state index contributed by atoms with van der Waals surface area (Å²) in [4.78, 5) is 25.4. The zero-order chi connectivity index (χ0) is 27.9. The van der Waals surface area contributed by atoms with Crippen LogP contribution >= 0.6 is 0 Å². The monoisotopic (exact) mass is 678 g/mol. The molecule has 0 unspecified atom stereocenters. The summed E-state index contributed by atoms with van der Waals surface area (Å²) in [6, 6.07) is 35.0. The van der Waals surface area contributed by atoms with Crippen LogP contribution in [0.25, 0.3) is 0 Å². The van der Waals surface area contributed by atoms with Gasteiger partial charge in [-0.3, -0.25) is 9.59 Å². The quantitative estimate of drug-likeness (QED) is 0.161. The van der Waals surface area contributed by atoms with Gasteiger partial charge in [-0.05, 0) is 0 Å². The van der Waals surface area contributed by atoms with Crippen LogP contribution in [0.1, 0.15) is 49.4 Å². The summed E-state index contributed by atoms with van der Waals surface area (Å²) >= 11 is 0. The molecule has 6 heteroatoms. The molecule has 0 aliphatic heterocycles. The van der Waals surface area contributed by atoms with Gasteiger partial charge < -0.3 is 42.9 Å². The highest BCUT2D eigenvalue weighted by Crippen LogP contribution is 2.17. The fourth-order valence-electron chi connectivity index (χ4n) is 5.11. The molecule has 41 heavy (non-hydrogen) atoms. The average molecular weight is 681 g/mol. The maximum Gasteiger partial charge on any atom is 0.193 e. The molecule has 0 heterocycles. The van der Waals surface area contributed by atoms with Gasteiger partial charge in [-0.2, -0.15) is 0 Å². The second-order valence-electron chi connectivity index (χ2n) is 11.8. The maximum atomic E-state index is 12.7. The summed E-state index contributed by atoms with van der Waals surface area (Å²) < 4.78 is 1.78. The van der Waals surface area contributed by atoms with Crippen molar-refractivity contribution in [2.45, 2.75) is 19.5 Å². The SMILES string of the molecule is C[N+](C)(CCC[N+](C)(C)Cc1ccc(C(=O)c2ccccc2)cc1)Cc1ccc(C(=O)c2ccccc2)cc1.[Br-].[Br-]. The predicted molar refractivity (Wildman–Crippen MR) is 159 cm³/mol. The van der Waals surface area contributed by atoms with Crippen LogP contribution in [0.3, 0.4) is 0 Å². The molecule has 216 valence electrons. The van der Waals surface area contributed by atoms with Crippen LogP contribution in [0.4, 0.5) is 0 Å². The number of carbonyl (C=O) groups excluding carboxylic acids is 2. The number of halogens is 2.